The smallest absolute Gasteiger partial charge is 0.238 e. The topological polar surface area (TPSA) is 87.7 Å². The number of halogens is 2. The lowest BCUT2D eigenvalue weighted by Crippen LogP contribution is -2.54. The van der Waals surface area contributed by atoms with Crippen molar-refractivity contribution in [1.82, 2.24) is 0 Å². The van der Waals surface area contributed by atoms with Crippen LogP contribution in [-0.2, 0) is 4.79 Å². The lowest BCUT2D eigenvalue weighted by Gasteiger charge is -2.43. The Morgan fingerprint density at radius 3 is 2.70 bits per heavy atom. The van der Waals surface area contributed by atoms with Gasteiger partial charge in [0, 0.05) is 10.7 Å². The second kappa shape index (κ2) is 5.28. The maximum Gasteiger partial charge on any atom is 0.238 e. The number of nitrogens with one attached hydrogen (secondary N) is 1. The molecule has 5 nitrogen and oxygen atoms in total. The molecule has 0 unspecified atom stereocenters. The van der Waals surface area contributed by atoms with Crippen LogP contribution in [0.25, 0.3) is 0 Å². The van der Waals surface area contributed by atoms with Gasteiger partial charge in [-0.3, -0.25) is 4.79 Å². The molecule has 1 saturated carbocycles. The van der Waals surface area contributed by atoms with Crippen molar-refractivity contribution in [2.24, 2.45) is 22.2 Å². The van der Waals surface area contributed by atoms with E-state index >= 15 is 0 Å². The van der Waals surface area contributed by atoms with Gasteiger partial charge in [-0.2, -0.15) is 0 Å². The maximum absolute atomic E-state index is 13.2. The number of carbonyl (C=O) groups excluding carboxylic acids is 1. The third-order valence-electron chi connectivity index (χ3n) is 3.55. The summed E-state index contributed by atoms with van der Waals surface area (Å²) in [5.74, 6) is -0.798. The lowest BCUT2D eigenvalue weighted by atomic mass is 9.61. The van der Waals surface area contributed by atoms with Gasteiger partial charge in [-0.05, 0) is 37.0 Å². The molecular formula is C13H15ClFN3O2. The number of carbonyl (C=O) groups is 1. The first-order chi connectivity index (χ1) is 9.37. The SMILES string of the molecule is CC1CC(C(=O)Nc2cc(F)cc(Cl)c2)(/C(N)=N/O)C1. The Labute approximate surface area is 120 Å². The van der Waals surface area contributed by atoms with Crippen LogP contribution in [0.1, 0.15) is 19.8 Å². The lowest BCUT2D eigenvalue weighted by molar-refractivity contribution is -0.127. The molecule has 0 saturated heterocycles. The van der Waals surface area contributed by atoms with E-state index in [-0.39, 0.29) is 16.5 Å². The largest absolute Gasteiger partial charge is 0.409 e. The number of hydrogen-bond donors (Lipinski definition) is 3. The average Bonchev–Trinajstić information content (AvgIpc) is 2.32. The van der Waals surface area contributed by atoms with E-state index in [1.807, 2.05) is 6.92 Å². The minimum absolute atomic E-state index is 0.129. The molecule has 4 N–H and O–H groups in total. The van der Waals surface area contributed by atoms with Crippen LogP contribution in [0.5, 0.6) is 0 Å². The molecule has 1 aromatic carbocycles. The zero-order chi connectivity index (χ0) is 14.9. The Bertz CT molecular complexity index is 550. The van der Waals surface area contributed by atoms with Crippen LogP contribution in [0, 0.1) is 17.2 Å². The number of rotatable bonds is 3. The molecule has 0 heterocycles. The summed E-state index contributed by atoms with van der Waals surface area (Å²) in [6.07, 6.45) is 0.968. The van der Waals surface area contributed by atoms with Crippen LogP contribution in [0.15, 0.2) is 23.4 Å². The Morgan fingerprint density at radius 1 is 1.55 bits per heavy atom. The molecule has 2 rings (SSSR count). The van der Waals surface area contributed by atoms with Gasteiger partial charge in [-0.1, -0.05) is 23.7 Å². The van der Waals surface area contributed by atoms with Gasteiger partial charge in [0.15, 0.2) is 5.84 Å². The quantitative estimate of drug-likeness (QED) is 0.347. The van der Waals surface area contributed by atoms with E-state index in [1.165, 1.54) is 6.07 Å². The highest BCUT2D eigenvalue weighted by atomic mass is 35.5. The number of oxime groups is 1. The highest BCUT2D eigenvalue weighted by molar-refractivity contribution is 6.31. The number of amides is 1. The number of nitrogens with zero attached hydrogens (tertiary/aromatic N) is 1. The van der Waals surface area contributed by atoms with Gasteiger partial charge in [0.2, 0.25) is 5.91 Å². The zero-order valence-electron chi connectivity index (χ0n) is 10.9. The third-order valence-corrected chi connectivity index (χ3v) is 3.77. The Morgan fingerprint density at radius 2 is 2.20 bits per heavy atom. The predicted molar refractivity (Wildman–Crippen MR) is 74.3 cm³/mol. The first kappa shape index (κ1) is 14.6. The van der Waals surface area contributed by atoms with Crippen molar-refractivity contribution < 1.29 is 14.4 Å². The number of benzene rings is 1. The fourth-order valence-corrected chi connectivity index (χ4v) is 2.84. The molecule has 7 heteroatoms. The summed E-state index contributed by atoms with van der Waals surface area (Å²) in [5.41, 5.74) is 4.83. The van der Waals surface area contributed by atoms with E-state index in [0.717, 1.165) is 12.1 Å². The molecule has 1 amide bonds. The van der Waals surface area contributed by atoms with E-state index in [2.05, 4.69) is 10.5 Å². The van der Waals surface area contributed by atoms with Gasteiger partial charge < -0.3 is 16.3 Å². The summed E-state index contributed by atoms with van der Waals surface area (Å²) in [7, 11) is 0. The second-order valence-electron chi connectivity index (χ2n) is 5.19. The van der Waals surface area contributed by atoms with E-state index < -0.39 is 17.1 Å². The molecule has 0 atom stereocenters. The summed E-state index contributed by atoms with van der Waals surface area (Å²) >= 11 is 5.73. The van der Waals surface area contributed by atoms with Crippen molar-refractivity contribution in [2.45, 2.75) is 19.8 Å². The second-order valence-corrected chi connectivity index (χ2v) is 5.63. The molecule has 0 radical (unpaired) electrons. The van der Waals surface area contributed by atoms with Gasteiger partial charge in [0.05, 0.1) is 0 Å². The number of nitrogens with two attached hydrogens (primary N) is 1. The molecule has 0 spiro atoms. The Kier molecular flexibility index (Phi) is 3.85. The summed E-state index contributed by atoms with van der Waals surface area (Å²) in [4.78, 5) is 12.3. The van der Waals surface area contributed by atoms with Gasteiger partial charge in [-0.15, -0.1) is 0 Å². The van der Waals surface area contributed by atoms with Crippen molar-refractivity contribution in [2.75, 3.05) is 5.32 Å². The van der Waals surface area contributed by atoms with Gasteiger partial charge in [-0.25, -0.2) is 4.39 Å². The van der Waals surface area contributed by atoms with Crippen LogP contribution in [0.3, 0.4) is 0 Å². The minimum atomic E-state index is -1.03. The number of anilines is 1. The molecule has 108 valence electrons. The summed E-state index contributed by atoms with van der Waals surface area (Å²) in [5, 5.41) is 14.5. The van der Waals surface area contributed by atoms with Crippen LogP contribution in [-0.4, -0.2) is 17.0 Å². The van der Waals surface area contributed by atoms with Gasteiger partial charge in [0.1, 0.15) is 11.2 Å². The average molecular weight is 300 g/mol. The van der Waals surface area contributed by atoms with Gasteiger partial charge >= 0.3 is 0 Å². The van der Waals surface area contributed by atoms with Crippen LogP contribution >= 0.6 is 11.6 Å². The van der Waals surface area contributed by atoms with Crippen molar-refractivity contribution >= 4 is 29.0 Å². The van der Waals surface area contributed by atoms with E-state index in [9.17, 15) is 9.18 Å². The molecule has 1 aliphatic carbocycles. The Hall–Kier alpha value is -1.82. The maximum atomic E-state index is 13.2. The molecule has 0 aromatic heterocycles. The highest BCUT2D eigenvalue weighted by Crippen LogP contribution is 2.46. The first-order valence-corrected chi connectivity index (χ1v) is 6.51. The fourth-order valence-electron chi connectivity index (χ4n) is 2.61. The van der Waals surface area contributed by atoms with Crippen LogP contribution < -0.4 is 11.1 Å². The monoisotopic (exact) mass is 299 g/mol. The van der Waals surface area contributed by atoms with Crippen molar-refractivity contribution in [3.63, 3.8) is 0 Å². The molecule has 20 heavy (non-hydrogen) atoms. The number of hydrogen-bond acceptors (Lipinski definition) is 3. The number of amidine groups is 1. The summed E-state index contributed by atoms with van der Waals surface area (Å²) < 4.78 is 13.2. The molecule has 1 fully saturated rings. The first-order valence-electron chi connectivity index (χ1n) is 6.13. The summed E-state index contributed by atoms with van der Waals surface area (Å²) in [6, 6.07) is 3.73. The van der Waals surface area contributed by atoms with Crippen LogP contribution in [0.4, 0.5) is 10.1 Å². The van der Waals surface area contributed by atoms with E-state index in [4.69, 9.17) is 22.5 Å². The Balaban J connectivity index is 2.22. The normalized spacial score (nSPS) is 25.9. The van der Waals surface area contributed by atoms with Crippen molar-refractivity contribution in [3.05, 3.63) is 29.0 Å². The van der Waals surface area contributed by atoms with Crippen molar-refractivity contribution in [3.8, 4) is 0 Å². The molecule has 0 bridgehead atoms. The molecule has 0 aliphatic heterocycles. The highest BCUT2D eigenvalue weighted by Gasteiger charge is 2.52. The standard InChI is InChI=1S/C13H15ClFN3O2/c1-7-5-13(6-7,11(16)18-20)12(19)17-10-3-8(14)2-9(15)4-10/h2-4,7,20H,5-6H2,1H3,(H2,16,18)(H,17,19). The zero-order valence-corrected chi connectivity index (χ0v) is 11.6. The third kappa shape index (κ3) is 2.56. The van der Waals surface area contributed by atoms with Crippen molar-refractivity contribution in [1.29, 1.82) is 0 Å². The summed E-state index contributed by atoms with van der Waals surface area (Å²) in [6.45, 7) is 1.97. The molecule has 1 aromatic rings. The van der Waals surface area contributed by atoms with E-state index in [1.54, 1.807) is 0 Å². The van der Waals surface area contributed by atoms with E-state index in [0.29, 0.717) is 18.8 Å². The predicted octanol–water partition coefficient (Wildman–Crippen LogP) is 2.58. The molecule has 1 aliphatic rings. The fraction of sp³-hybridized carbons (Fsp3) is 0.385. The van der Waals surface area contributed by atoms with Gasteiger partial charge in [0.25, 0.3) is 0 Å². The molecular weight excluding hydrogens is 285 g/mol. The van der Waals surface area contributed by atoms with Crippen LogP contribution in [0.2, 0.25) is 5.02 Å². The minimum Gasteiger partial charge on any atom is -0.409 e.